The zero-order valence-corrected chi connectivity index (χ0v) is 66.0. The van der Waals surface area contributed by atoms with E-state index in [1.165, 1.54) is 219 Å². The van der Waals surface area contributed by atoms with Gasteiger partial charge in [0.15, 0.2) is 18.6 Å². The van der Waals surface area contributed by atoms with Gasteiger partial charge in [0, 0.05) is 93.8 Å². The summed E-state index contributed by atoms with van der Waals surface area (Å²) in [5, 5.41) is 29.3. The number of hydrogen-bond acceptors (Lipinski definition) is 4. The van der Waals surface area contributed by atoms with Gasteiger partial charge in [-0.1, -0.05) is 237 Å². The molecule has 116 heavy (non-hydrogen) atoms. The summed E-state index contributed by atoms with van der Waals surface area (Å²) in [7, 11) is 0. The minimum atomic E-state index is -0.0974. The van der Waals surface area contributed by atoms with Crippen molar-refractivity contribution in [3.05, 3.63) is 336 Å². The second-order valence-electron chi connectivity index (χ2n) is 35.3. The third kappa shape index (κ3) is 8.72. The quantitative estimate of drug-likeness (QED) is 0.0862. The molecule has 8 heteroatoms. The maximum absolute atomic E-state index is 6.60. The van der Waals surface area contributed by atoms with Crippen molar-refractivity contribution in [1.82, 2.24) is 0 Å². The summed E-state index contributed by atoms with van der Waals surface area (Å²) in [6, 6.07) is 99.6. The lowest BCUT2D eigenvalue weighted by molar-refractivity contribution is -0.717. The molecule has 4 aromatic heterocycles. The highest BCUT2D eigenvalue weighted by Gasteiger charge is 2.52. The van der Waals surface area contributed by atoms with Gasteiger partial charge >= 0.3 is 0 Å². The standard InChI is InChI=1S/C31H22NO.2C27H20NO.C23H18NO/c1-31(2)25-16-24-22-10-6-5-7-18(22)11-12-23(24)30-28(25)29-26(31)14-21-13-19-8-3-4-9-20(19)15-27(21)32(29)17-33-30;2*1-27(2)22-13-21-18-9-5-3-7-16(18)11-12-20(21)26-23(22)25-24(27)19-10-6-4-8-17(19)14-28(25)15-29-26;1-23(2)18-8-5-11-24-13-25-22-16-10-9-14-6-3-4-7-15(14)17(16)12-19(23)20(22)21(18)24/h3-16H,17H2,1-2H3;2*3-14H,15H2,1-2H3;3-12H,13H2,1-2H3/q4*+1. The molecule has 16 aromatic carbocycles. The van der Waals surface area contributed by atoms with Crippen LogP contribution in [0.15, 0.2) is 292 Å². The Morgan fingerprint density at radius 3 is 0.991 bits per heavy atom. The summed E-state index contributed by atoms with van der Waals surface area (Å²) < 4.78 is 35.0. The molecule has 0 bridgehead atoms. The van der Waals surface area contributed by atoms with Crippen LogP contribution >= 0.6 is 0 Å². The fraction of sp³-hybridized carbons (Fsp3) is 0.148. The largest absolute Gasteiger partial charge is 0.434 e. The Kier molecular flexibility index (Phi) is 13.1. The van der Waals surface area contributed by atoms with Gasteiger partial charge in [-0.2, -0.15) is 18.3 Å². The number of aromatic nitrogens is 4. The van der Waals surface area contributed by atoms with E-state index in [4.69, 9.17) is 18.9 Å². The fourth-order valence-electron chi connectivity index (χ4n) is 22.2. The predicted molar refractivity (Wildman–Crippen MR) is 469 cm³/mol. The molecule has 4 aliphatic heterocycles. The Morgan fingerprint density at radius 2 is 0.560 bits per heavy atom. The zero-order valence-electron chi connectivity index (χ0n) is 66.0. The second-order valence-corrected chi connectivity index (χ2v) is 35.3. The summed E-state index contributed by atoms with van der Waals surface area (Å²) in [6.45, 7) is 21.1. The number of fused-ring (bicyclic) bond motifs is 23. The van der Waals surface area contributed by atoms with Gasteiger partial charge in [-0.15, -0.1) is 0 Å². The van der Waals surface area contributed by atoms with Gasteiger partial charge in [0.05, 0.1) is 22.3 Å². The summed E-state index contributed by atoms with van der Waals surface area (Å²) in [4.78, 5) is 0. The smallest absolute Gasteiger partial charge is 0.293 e. The maximum Gasteiger partial charge on any atom is 0.293 e. The van der Waals surface area contributed by atoms with E-state index >= 15 is 0 Å². The molecule has 0 N–H and O–H groups in total. The van der Waals surface area contributed by atoms with Crippen molar-refractivity contribution in [2.45, 2.75) is 104 Å². The molecule has 0 saturated heterocycles. The Bertz CT molecular complexity index is 7730. The van der Waals surface area contributed by atoms with E-state index in [2.05, 4.69) is 365 Å². The summed E-state index contributed by atoms with van der Waals surface area (Å²) in [5.41, 5.74) is 22.5. The molecule has 8 heterocycles. The van der Waals surface area contributed by atoms with Crippen LogP contribution in [0, 0.1) is 0 Å². The summed E-state index contributed by atoms with van der Waals surface area (Å²) >= 11 is 0. The first-order chi connectivity index (χ1) is 56.6. The van der Waals surface area contributed by atoms with Crippen molar-refractivity contribution in [3.63, 3.8) is 0 Å². The van der Waals surface area contributed by atoms with Crippen molar-refractivity contribution >= 4 is 129 Å². The molecule has 20 aromatic rings. The van der Waals surface area contributed by atoms with Gasteiger partial charge in [0.1, 0.15) is 23.0 Å². The number of pyridine rings is 4. The number of ether oxygens (including phenoxy) is 4. The van der Waals surface area contributed by atoms with Crippen LogP contribution in [0.1, 0.15) is 99.9 Å². The third-order valence-electron chi connectivity index (χ3n) is 27.8. The lowest BCUT2D eigenvalue weighted by atomic mass is 9.80. The van der Waals surface area contributed by atoms with Crippen LogP contribution < -0.4 is 37.2 Å². The normalized spacial score (nSPS) is 15.7. The monoisotopic (exact) mass is 1500 g/mol. The average Bonchev–Trinajstić information content (AvgIpc) is 1.54. The molecule has 0 atom stereocenters. The number of nitrogens with zero attached hydrogens (tertiary/aromatic N) is 4. The highest BCUT2D eigenvalue weighted by Crippen LogP contribution is 2.61. The minimum absolute atomic E-state index is 0.0126. The van der Waals surface area contributed by atoms with Gasteiger partial charge in [-0.25, -0.2) is 0 Å². The first-order valence-corrected chi connectivity index (χ1v) is 40.9. The van der Waals surface area contributed by atoms with E-state index < -0.39 is 0 Å². The van der Waals surface area contributed by atoms with Crippen molar-refractivity contribution < 1.29 is 37.2 Å². The Labute approximate surface area is 670 Å². The lowest BCUT2D eigenvalue weighted by Gasteiger charge is -2.22. The summed E-state index contributed by atoms with van der Waals surface area (Å²) in [5.74, 6) is 4.19. The van der Waals surface area contributed by atoms with E-state index in [1.54, 1.807) is 0 Å². The lowest BCUT2D eigenvalue weighted by Crippen LogP contribution is -2.42. The van der Waals surface area contributed by atoms with Crippen LogP contribution in [0.25, 0.3) is 174 Å². The number of rotatable bonds is 0. The first kappa shape index (κ1) is 65.9. The van der Waals surface area contributed by atoms with E-state index in [0.29, 0.717) is 26.9 Å². The molecule has 0 spiro atoms. The van der Waals surface area contributed by atoms with Crippen LogP contribution in [-0.4, -0.2) is 0 Å². The molecule has 0 radical (unpaired) electrons. The Morgan fingerprint density at radius 1 is 0.224 bits per heavy atom. The van der Waals surface area contributed by atoms with Crippen LogP contribution in [0.4, 0.5) is 0 Å². The highest BCUT2D eigenvalue weighted by atomic mass is 16.5. The molecule has 8 aliphatic rings. The maximum atomic E-state index is 6.60. The zero-order chi connectivity index (χ0) is 77.3. The number of hydrogen-bond donors (Lipinski definition) is 0. The second kappa shape index (κ2) is 23.1. The van der Waals surface area contributed by atoms with Crippen molar-refractivity contribution in [3.8, 4) is 68.0 Å². The van der Waals surface area contributed by atoms with E-state index in [9.17, 15) is 0 Å². The van der Waals surface area contributed by atoms with Crippen LogP contribution in [0.3, 0.4) is 0 Å². The molecular formula is C108H80N4O4+4. The molecule has 0 saturated carbocycles. The van der Waals surface area contributed by atoms with Gasteiger partial charge in [-0.3, -0.25) is 0 Å². The first-order valence-electron chi connectivity index (χ1n) is 40.9. The van der Waals surface area contributed by atoms with Crippen LogP contribution in [0.5, 0.6) is 23.0 Å². The van der Waals surface area contributed by atoms with Gasteiger partial charge in [0.25, 0.3) is 26.9 Å². The molecule has 0 unspecified atom stereocenters. The highest BCUT2D eigenvalue weighted by molar-refractivity contribution is 6.18. The molecule has 552 valence electrons. The van der Waals surface area contributed by atoms with Gasteiger partial charge in [-0.05, 0) is 187 Å². The van der Waals surface area contributed by atoms with Crippen LogP contribution in [-0.2, 0) is 48.6 Å². The minimum Gasteiger partial charge on any atom is -0.434 e. The average molecular weight is 1500 g/mol. The van der Waals surface area contributed by atoms with Crippen molar-refractivity contribution in [2.24, 2.45) is 0 Å². The van der Waals surface area contributed by atoms with E-state index in [-0.39, 0.29) is 21.7 Å². The Balaban J connectivity index is 0.0000000870. The van der Waals surface area contributed by atoms with Crippen molar-refractivity contribution in [2.75, 3.05) is 0 Å². The fourth-order valence-corrected chi connectivity index (χ4v) is 22.2. The summed E-state index contributed by atoms with van der Waals surface area (Å²) in [6.07, 6.45) is 6.61. The SMILES string of the molecule is CC1(C)c2cc3c(ccc4ccccc43)c3c2-c2c1c1ccccc1c[n+]2CO3.CC1(C)c2cc3c(ccc4ccccc43)c3c2-c2c1c1ccccc1c[n+]2CO3.CC1(C)c2cc3c(ccc4ccccc43)c3c2-c2c1cc1cc4ccccc4cc1[n+]2CO3.CC1(C)c2cc3c(ccc4ccccc43)c3c2-c2c1ccc[n+]2CO3. The van der Waals surface area contributed by atoms with Crippen molar-refractivity contribution in [1.29, 1.82) is 0 Å². The molecule has 4 aliphatic carbocycles. The molecular weight excluding hydrogens is 1420 g/mol. The van der Waals surface area contributed by atoms with Crippen LogP contribution in [0.2, 0.25) is 0 Å². The number of benzene rings is 16. The van der Waals surface area contributed by atoms with Gasteiger partial charge in [0.2, 0.25) is 28.3 Å². The van der Waals surface area contributed by atoms with E-state index in [0.717, 1.165) is 23.0 Å². The molecule has 28 rings (SSSR count). The molecule has 0 amide bonds. The molecule has 0 fully saturated rings. The third-order valence-corrected chi connectivity index (χ3v) is 27.8. The topological polar surface area (TPSA) is 52.4 Å². The molecule has 8 nitrogen and oxygen atoms in total. The Hall–Kier alpha value is -13.6. The van der Waals surface area contributed by atoms with E-state index in [1.807, 2.05) is 0 Å². The predicted octanol–water partition coefficient (Wildman–Crippen LogP) is 24.4. The van der Waals surface area contributed by atoms with Gasteiger partial charge < -0.3 is 18.9 Å².